The van der Waals surface area contributed by atoms with Crippen molar-refractivity contribution in [1.82, 2.24) is 4.90 Å². The molecular weight excluding hydrogens is 387 g/mol. The van der Waals surface area contributed by atoms with Gasteiger partial charge in [-0.25, -0.2) is 8.78 Å². The van der Waals surface area contributed by atoms with Crippen LogP contribution in [0, 0.1) is 11.6 Å². The third-order valence-electron chi connectivity index (χ3n) is 4.10. The smallest absolute Gasteiger partial charge is 0.255 e. The van der Waals surface area contributed by atoms with Crippen molar-refractivity contribution in [3.63, 3.8) is 0 Å². The van der Waals surface area contributed by atoms with Crippen LogP contribution in [0.1, 0.15) is 27.6 Å². The first-order valence-electron chi connectivity index (χ1n) is 7.76. The second-order valence-corrected chi connectivity index (χ2v) is 7.88. The maximum atomic E-state index is 14.0. The van der Waals surface area contributed by atoms with E-state index >= 15 is 0 Å². The molecule has 3 rings (SSSR count). The van der Waals surface area contributed by atoms with Crippen LogP contribution in [0.2, 0.25) is 10.0 Å². The third kappa shape index (κ3) is 4.27. The van der Waals surface area contributed by atoms with Gasteiger partial charge in [0.2, 0.25) is 0 Å². The van der Waals surface area contributed by atoms with Gasteiger partial charge < -0.3 is 4.90 Å². The maximum absolute atomic E-state index is 14.0. The summed E-state index contributed by atoms with van der Waals surface area (Å²) >= 11 is 13.5. The molecule has 132 valence electrons. The highest BCUT2D eigenvalue weighted by Crippen LogP contribution is 2.36. The molecule has 0 spiro atoms. The lowest BCUT2D eigenvalue weighted by molar-refractivity contribution is 0.0766. The van der Waals surface area contributed by atoms with Crippen molar-refractivity contribution in [3.05, 3.63) is 69.2 Å². The molecule has 0 saturated carbocycles. The molecule has 0 aromatic heterocycles. The van der Waals surface area contributed by atoms with E-state index in [-0.39, 0.29) is 11.2 Å². The predicted octanol–water partition coefficient (Wildman–Crippen LogP) is 5.59. The average molecular weight is 402 g/mol. The van der Waals surface area contributed by atoms with Gasteiger partial charge in [0.05, 0.1) is 10.6 Å². The molecule has 1 saturated heterocycles. The number of hydrogen-bond donors (Lipinski definition) is 0. The average Bonchev–Trinajstić information content (AvgIpc) is 2.82. The van der Waals surface area contributed by atoms with Crippen LogP contribution < -0.4 is 0 Å². The number of thioether (sulfide) groups is 1. The quantitative estimate of drug-likeness (QED) is 0.653. The molecule has 0 N–H and O–H groups in total. The monoisotopic (exact) mass is 401 g/mol. The second kappa shape index (κ2) is 7.94. The number of rotatable bonds is 2. The molecule has 0 aliphatic carbocycles. The number of nitrogens with zero attached hydrogens (tertiary/aromatic N) is 1. The largest absolute Gasteiger partial charge is 0.338 e. The SMILES string of the molecule is O=C(c1ccc(Cl)cc1Cl)N1CCSC(c2cc(F)ccc2F)CC1. The number of amides is 1. The lowest BCUT2D eigenvalue weighted by atomic mass is 10.1. The van der Waals surface area contributed by atoms with Gasteiger partial charge >= 0.3 is 0 Å². The highest BCUT2D eigenvalue weighted by atomic mass is 35.5. The van der Waals surface area contributed by atoms with Gasteiger partial charge in [-0.3, -0.25) is 4.79 Å². The van der Waals surface area contributed by atoms with Gasteiger partial charge in [-0.05, 0) is 42.8 Å². The van der Waals surface area contributed by atoms with E-state index in [1.165, 1.54) is 23.9 Å². The zero-order valence-corrected chi connectivity index (χ0v) is 15.5. The van der Waals surface area contributed by atoms with Gasteiger partial charge in [-0.1, -0.05) is 23.2 Å². The van der Waals surface area contributed by atoms with Crippen LogP contribution in [-0.4, -0.2) is 29.6 Å². The van der Waals surface area contributed by atoms with Crippen molar-refractivity contribution in [2.24, 2.45) is 0 Å². The minimum atomic E-state index is -0.456. The number of halogens is 4. The number of hydrogen-bond acceptors (Lipinski definition) is 2. The summed E-state index contributed by atoms with van der Waals surface area (Å²) in [6.45, 7) is 0.974. The van der Waals surface area contributed by atoms with E-state index in [1.807, 2.05) is 0 Å². The lowest BCUT2D eigenvalue weighted by Crippen LogP contribution is -2.33. The summed E-state index contributed by atoms with van der Waals surface area (Å²) in [7, 11) is 0. The van der Waals surface area contributed by atoms with Crippen LogP contribution in [0.25, 0.3) is 0 Å². The standard InChI is InChI=1S/C18H15Cl2F2NOS/c19-11-1-3-13(15(20)9-11)18(24)23-6-5-17(25-8-7-23)14-10-12(21)2-4-16(14)22/h1-4,9-10,17H,5-8H2. The summed E-state index contributed by atoms with van der Waals surface area (Å²) in [5.74, 6) is -0.415. The zero-order valence-electron chi connectivity index (χ0n) is 13.1. The second-order valence-electron chi connectivity index (χ2n) is 5.73. The maximum Gasteiger partial charge on any atom is 0.255 e. The fraction of sp³-hybridized carbons (Fsp3) is 0.278. The molecule has 2 aromatic rings. The summed E-state index contributed by atoms with van der Waals surface area (Å²) in [5.41, 5.74) is 0.746. The van der Waals surface area contributed by atoms with Gasteiger partial charge in [0.1, 0.15) is 11.6 Å². The van der Waals surface area contributed by atoms with E-state index in [2.05, 4.69) is 0 Å². The van der Waals surface area contributed by atoms with E-state index in [4.69, 9.17) is 23.2 Å². The molecule has 1 aliphatic rings. The van der Waals surface area contributed by atoms with Crippen LogP contribution in [-0.2, 0) is 0 Å². The van der Waals surface area contributed by atoms with Crippen LogP contribution in [0.4, 0.5) is 8.78 Å². The highest BCUT2D eigenvalue weighted by Gasteiger charge is 2.25. The Morgan fingerprint density at radius 3 is 2.68 bits per heavy atom. The molecule has 1 amide bonds. The van der Waals surface area contributed by atoms with Crippen LogP contribution in [0.3, 0.4) is 0 Å². The first-order chi connectivity index (χ1) is 12.0. The molecule has 2 aromatic carbocycles. The van der Waals surface area contributed by atoms with Gasteiger partial charge in [0.15, 0.2) is 0 Å². The molecule has 1 aliphatic heterocycles. The Balaban J connectivity index is 1.75. The summed E-state index contributed by atoms with van der Waals surface area (Å²) in [6, 6.07) is 8.26. The van der Waals surface area contributed by atoms with Gasteiger partial charge in [0, 0.05) is 34.7 Å². The normalized spacial score (nSPS) is 18.1. The van der Waals surface area contributed by atoms with Crippen molar-refractivity contribution in [2.75, 3.05) is 18.8 Å². The highest BCUT2D eigenvalue weighted by molar-refractivity contribution is 7.99. The van der Waals surface area contributed by atoms with Crippen molar-refractivity contribution >= 4 is 40.9 Å². The number of carbonyl (C=O) groups is 1. The van der Waals surface area contributed by atoms with Gasteiger partial charge in [-0.15, -0.1) is 0 Å². The zero-order chi connectivity index (χ0) is 18.0. The molecule has 25 heavy (non-hydrogen) atoms. The lowest BCUT2D eigenvalue weighted by Gasteiger charge is -2.21. The Labute approximate surface area is 159 Å². The van der Waals surface area contributed by atoms with Crippen LogP contribution in [0.5, 0.6) is 0 Å². The van der Waals surface area contributed by atoms with Crippen LogP contribution >= 0.6 is 35.0 Å². The first-order valence-corrected chi connectivity index (χ1v) is 9.57. The fourth-order valence-corrected chi connectivity index (χ4v) is 4.55. The predicted molar refractivity (Wildman–Crippen MR) is 98.5 cm³/mol. The minimum Gasteiger partial charge on any atom is -0.338 e. The Kier molecular flexibility index (Phi) is 5.87. The third-order valence-corrected chi connectivity index (χ3v) is 5.95. The molecule has 2 nitrogen and oxygen atoms in total. The molecule has 7 heteroatoms. The first kappa shape index (κ1) is 18.5. The summed E-state index contributed by atoms with van der Waals surface area (Å²) in [6.07, 6.45) is 0.544. The Morgan fingerprint density at radius 2 is 1.92 bits per heavy atom. The number of benzene rings is 2. The number of carbonyl (C=O) groups excluding carboxylic acids is 1. The molecule has 1 heterocycles. The molecule has 1 fully saturated rings. The van der Waals surface area contributed by atoms with Crippen molar-refractivity contribution in [2.45, 2.75) is 11.7 Å². The summed E-state index contributed by atoms with van der Waals surface area (Å²) < 4.78 is 27.4. The van der Waals surface area contributed by atoms with E-state index in [1.54, 1.807) is 17.0 Å². The van der Waals surface area contributed by atoms with Gasteiger partial charge in [0.25, 0.3) is 5.91 Å². The summed E-state index contributed by atoms with van der Waals surface area (Å²) in [4.78, 5) is 14.4. The Hall–Kier alpha value is -1.30. The van der Waals surface area contributed by atoms with Crippen molar-refractivity contribution in [3.8, 4) is 0 Å². The van der Waals surface area contributed by atoms with Crippen LogP contribution in [0.15, 0.2) is 36.4 Å². The molecule has 0 radical (unpaired) electrons. The molecule has 1 atom stereocenters. The molecule has 0 bridgehead atoms. The topological polar surface area (TPSA) is 20.3 Å². The molecular formula is C18H15Cl2F2NOS. The summed E-state index contributed by atoms with van der Waals surface area (Å²) in [5, 5.41) is 0.589. The van der Waals surface area contributed by atoms with E-state index < -0.39 is 11.6 Å². The molecule has 1 unspecified atom stereocenters. The minimum absolute atomic E-state index is 0.178. The van der Waals surface area contributed by atoms with Crippen molar-refractivity contribution < 1.29 is 13.6 Å². The fourth-order valence-electron chi connectivity index (χ4n) is 2.82. The van der Waals surface area contributed by atoms with E-state index in [0.29, 0.717) is 46.4 Å². The van der Waals surface area contributed by atoms with Gasteiger partial charge in [-0.2, -0.15) is 11.8 Å². The Morgan fingerprint density at radius 1 is 1.12 bits per heavy atom. The Bertz CT molecular complexity index is 803. The van der Waals surface area contributed by atoms with Crippen molar-refractivity contribution in [1.29, 1.82) is 0 Å². The van der Waals surface area contributed by atoms with E-state index in [9.17, 15) is 13.6 Å². The van der Waals surface area contributed by atoms with E-state index in [0.717, 1.165) is 12.1 Å².